The molecule has 1 rings (SSSR count). The molecular formula is C14H21N3O8. The first-order chi connectivity index (χ1) is 11.6. The van der Waals surface area contributed by atoms with Gasteiger partial charge in [-0.05, 0) is 19.3 Å². The first-order valence-electron chi connectivity index (χ1n) is 7.66. The van der Waals surface area contributed by atoms with Crippen molar-refractivity contribution >= 4 is 29.7 Å². The van der Waals surface area contributed by atoms with Gasteiger partial charge in [-0.25, -0.2) is 4.79 Å². The molecule has 0 aromatic rings. The van der Waals surface area contributed by atoms with Crippen molar-refractivity contribution < 1.29 is 39.3 Å². The van der Waals surface area contributed by atoms with Gasteiger partial charge in [0.05, 0.1) is 12.5 Å². The van der Waals surface area contributed by atoms with Crippen LogP contribution < -0.4 is 11.1 Å². The Bertz CT molecular complexity index is 564. The van der Waals surface area contributed by atoms with Crippen molar-refractivity contribution in [1.82, 2.24) is 10.2 Å². The Morgan fingerprint density at radius 1 is 1.12 bits per heavy atom. The molecule has 0 aliphatic carbocycles. The lowest BCUT2D eigenvalue weighted by Gasteiger charge is -2.27. The van der Waals surface area contributed by atoms with Crippen molar-refractivity contribution in [1.29, 1.82) is 0 Å². The molecule has 6 N–H and O–H groups in total. The number of rotatable bonds is 9. The number of hydrogen-bond donors (Lipinski definition) is 5. The Morgan fingerprint density at radius 2 is 1.76 bits per heavy atom. The predicted octanol–water partition coefficient (Wildman–Crippen LogP) is -1.79. The molecule has 140 valence electrons. The third kappa shape index (κ3) is 6.03. The van der Waals surface area contributed by atoms with Gasteiger partial charge in [-0.3, -0.25) is 19.2 Å². The summed E-state index contributed by atoms with van der Waals surface area (Å²) in [6, 6.07) is -3.65. The van der Waals surface area contributed by atoms with E-state index in [1.807, 2.05) is 0 Å². The van der Waals surface area contributed by atoms with Crippen molar-refractivity contribution in [3.05, 3.63) is 0 Å². The fourth-order valence-electron chi connectivity index (χ4n) is 2.56. The number of amides is 2. The van der Waals surface area contributed by atoms with E-state index in [9.17, 15) is 24.0 Å². The van der Waals surface area contributed by atoms with E-state index in [1.165, 1.54) is 4.90 Å². The number of nitrogens with two attached hydrogens (primary N) is 1. The molecule has 11 heteroatoms. The monoisotopic (exact) mass is 359 g/mol. The first kappa shape index (κ1) is 20.4. The second kappa shape index (κ2) is 8.97. The van der Waals surface area contributed by atoms with Crippen molar-refractivity contribution in [3.8, 4) is 0 Å². The maximum absolute atomic E-state index is 12.3. The number of likely N-dealkylation sites (tertiary alicyclic amines) is 1. The molecule has 1 heterocycles. The first-order valence-corrected chi connectivity index (χ1v) is 7.66. The van der Waals surface area contributed by atoms with Crippen LogP contribution in [-0.2, 0) is 24.0 Å². The van der Waals surface area contributed by atoms with Crippen LogP contribution in [0, 0.1) is 0 Å². The number of carboxylic acid groups (broad SMARTS) is 3. The number of nitrogens with one attached hydrogen (secondary N) is 1. The van der Waals surface area contributed by atoms with E-state index in [0.29, 0.717) is 6.42 Å². The number of aliphatic carboxylic acids is 3. The van der Waals surface area contributed by atoms with Gasteiger partial charge in [0.1, 0.15) is 12.1 Å². The summed E-state index contributed by atoms with van der Waals surface area (Å²) in [4.78, 5) is 57.9. The Labute approximate surface area is 142 Å². The molecule has 0 saturated carbocycles. The third-order valence-electron chi connectivity index (χ3n) is 3.82. The van der Waals surface area contributed by atoms with Crippen LogP contribution in [0.1, 0.15) is 32.1 Å². The van der Waals surface area contributed by atoms with E-state index < -0.39 is 54.3 Å². The highest BCUT2D eigenvalue weighted by molar-refractivity contribution is 5.93. The summed E-state index contributed by atoms with van der Waals surface area (Å²) < 4.78 is 0. The van der Waals surface area contributed by atoms with E-state index in [0.717, 1.165) is 0 Å². The summed E-state index contributed by atoms with van der Waals surface area (Å²) in [5, 5.41) is 28.4. The minimum absolute atomic E-state index is 0.0875. The van der Waals surface area contributed by atoms with Gasteiger partial charge in [-0.2, -0.15) is 0 Å². The van der Waals surface area contributed by atoms with E-state index in [-0.39, 0.29) is 25.8 Å². The maximum Gasteiger partial charge on any atom is 0.326 e. The van der Waals surface area contributed by atoms with E-state index in [2.05, 4.69) is 5.32 Å². The van der Waals surface area contributed by atoms with E-state index in [4.69, 9.17) is 21.1 Å². The van der Waals surface area contributed by atoms with Gasteiger partial charge in [0.25, 0.3) is 0 Å². The third-order valence-corrected chi connectivity index (χ3v) is 3.82. The molecule has 0 spiro atoms. The summed E-state index contributed by atoms with van der Waals surface area (Å²) in [5.74, 6) is -5.35. The Hall–Kier alpha value is -2.69. The molecule has 1 fully saturated rings. The molecule has 25 heavy (non-hydrogen) atoms. The lowest BCUT2D eigenvalue weighted by Crippen LogP contribution is -2.54. The average molecular weight is 359 g/mol. The van der Waals surface area contributed by atoms with Crippen molar-refractivity contribution in [3.63, 3.8) is 0 Å². The fourth-order valence-corrected chi connectivity index (χ4v) is 2.56. The van der Waals surface area contributed by atoms with Crippen molar-refractivity contribution in [2.24, 2.45) is 5.73 Å². The minimum Gasteiger partial charge on any atom is -0.481 e. The van der Waals surface area contributed by atoms with Gasteiger partial charge in [0, 0.05) is 13.0 Å². The molecule has 0 radical (unpaired) electrons. The number of carboxylic acids is 3. The van der Waals surface area contributed by atoms with Crippen LogP contribution in [-0.4, -0.2) is 74.6 Å². The highest BCUT2D eigenvalue weighted by Crippen LogP contribution is 2.19. The fraction of sp³-hybridized carbons (Fsp3) is 0.643. The largest absolute Gasteiger partial charge is 0.481 e. The van der Waals surface area contributed by atoms with Gasteiger partial charge in [-0.15, -0.1) is 0 Å². The molecule has 1 aliphatic heterocycles. The summed E-state index contributed by atoms with van der Waals surface area (Å²) in [6.45, 7) is 0.231. The number of carbonyl (C=O) groups is 5. The Morgan fingerprint density at radius 3 is 2.28 bits per heavy atom. The molecule has 2 amide bonds. The normalized spacial score (nSPS) is 19.1. The highest BCUT2D eigenvalue weighted by Gasteiger charge is 2.37. The second-order valence-corrected chi connectivity index (χ2v) is 5.73. The predicted molar refractivity (Wildman–Crippen MR) is 81.4 cm³/mol. The summed E-state index contributed by atoms with van der Waals surface area (Å²) in [7, 11) is 0. The molecule has 11 nitrogen and oxygen atoms in total. The zero-order valence-electron chi connectivity index (χ0n) is 13.4. The maximum atomic E-state index is 12.3. The van der Waals surface area contributed by atoms with Crippen LogP contribution in [0.25, 0.3) is 0 Å². The zero-order chi connectivity index (χ0) is 19.1. The smallest absolute Gasteiger partial charge is 0.326 e. The van der Waals surface area contributed by atoms with E-state index >= 15 is 0 Å². The van der Waals surface area contributed by atoms with E-state index in [1.54, 1.807) is 0 Å². The molecule has 0 aromatic carbocycles. The summed E-state index contributed by atoms with van der Waals surface area (Å²) >= 11 is 0. The lowest BCUT2D eigenvalue weighted by atomic mass is 10.1. The molecule has 3 atom stereocenters. The van der Waals surface area contributed by atoms with Crippen LogP contribution in [0.3, 0.4) is 0 Å². The lowest BCUT2D eigenvalue weighted by molar-refractivity contribution is -0.148. The molecule has 1 saturated heterocycles. The standard InChI is InChI=1S/C14H21N3O8/c15-7(3-4-10(18)19)13(23)17-5-1-2-9(17)12(22)16-8(14(24)25)6-11(20)21/h7-9H,1-6,15H2,(H,16,22)(H,18,19)(H,20,21)(H,24,25). The molecule has 0 aromatic heterocycles. The number of nitrogens with zero attached hydrogens (tertiary/aromatic N) is 1. The van der Waals surface area contributed by atoms with Crippen LogP contribution in [0.2, 0.25) is 0 Å². The topological polar surface area (TPSA) is 187 Å². The SMILES string of the molecule is NC(CCC(=O)O)C(=O)N1CCCC1C(=O)NC(CC(=O)O)C(=O)O. The Balaban J connectivity index is 2.73. The second-order valence-electron chi connectivity index (χ2n) is 5.73. The van der Waals surface area contributed by atoms with Crippen molar-refractivity contribution in [2.75, 3.05) is 6.54 Å². The zero-order valence-corrected chi connectivity index (χ0v) is 13.4. The van der Waals surface area contributed by atoms with Gasteiger partial charge in [-0.1, -0.05) is 0 Å². The van der Waals surface area contributed by atoms with Gasteiger partial charge in [0.2, 0.25) is 11.8 Å². The quantitative estimate of drug-likeness (QED) is 0.317. The van der Waals surface area contributed by atoms with Crippen LogP contribution >= 0.6 is 0 Å². The molecule has 3 unspecified atom stereocenters. The Kier molecular flexibility index (Phi) is 7.30. The molecule has 0 bridgehead atoms. The van der Waals surface area contributed by atoms with Crippen LogP contribution in [0.4, 0.5) is 0 Å². The minimum atomic E-state index is -1.61. The highest BCUT2D eigenvalue weighted by atomic mass is 16.4. The van der Waals surface area contributed by atoms with Crippen LogP contribution in [0.15, 0.2) is 0 Å². The van der Waals surface area contributed by atoms with Gasteiger partial charge < -0.3 is 31.3 Å². The molecule has 1 aliphatic rings. The van der Waals surface area contributed by atoms with Gasteiger partial charge >= 0.3 is 17.9 Å². The van der Waals surface area contributed by atoms with Gasteiger partial charge in [0.15, 0.2) is 0 Å². The average Bonchev–Trinajstić information content (AvgIpc) is 3.00. The summed E-state index contributed by atoms with van der Waals surface area (Å²) in [6.07, 6.45) is -0.401. The summed E-state index contributed by atoms with van der Waals surface area (Å²) in [5.41, 5.74) is 5.67. The van der Waals surface area contributed by atoms with Crippen molar-refractivity contribution in [2.45, 2.75) is 50.2 Å². The number of hydrogen-bond acceptors (Lipinski definition) is 6. The van der Waals surface area contributed by atoms with Crippen LogP contribution in [0.5, 0.6) is 0 Å². The number of carbonyl (C=O) groups excluding carboxylic acids is 2. The molecular weight excluding hydrogens is 338 g/mol.